The molecular weight excluding hydrogens is 406 g/mol. The van der Waals surface area contributed by atoms with Gasteiger partial charge < -0.3 is 15.1 Å². The Morgan fingerprint density at radius 1 is 1.13 bits per heavy atom. The second-order valence-corrected chi connectivity index (χ2v) is 8.68. The third-order valence-electron chi connectivity index (χ3n) is 5.74. The second kappa shape index (κ2) is 9.99. The minimum atomic E-state index is -1.20. The molecule has 2 aromatic rings. The van der Waals surface area contributed by atoms with Gasteiger partial charge in [-0.2, -0.15) is 5.26 Å². The standard InChI is InChI=1S/C24H29N5OS/c1-5-29(6-2)14-15-31-22-21(16-25)24(23(30)27-22,19-8-7-13-26-17-19)18-9-11-20(12-10-18)28(3)4/h7-13,17H,5-6,14-15H2,1-4H3,(H,27,30)/t24-/m1/s1. The predicted molar refractivity (Wildman–Crippen MR) is 127 cm³/mol. The number of carbonyl (C=O) groups excluding carboxylic acids is 1. The van der Waals surface area contributed by atoms with Gasteiger partial charge in [-0.3, -0.25) is 9.78 Å². The molecule has 1 N–H and O–H groups in total. The van der Waals surface area contributed by atoms with Gasteiger partial charge in [-0.1, -0.05) is 32.0 Å². The summed E-state index contributed by atoms with van der Waals surface area (Å²) in [6, 6.07) is 13.8. The number of nitrogens with zero attached hydrogens (tertiary/aromatic N) is 4. The number of carbonyl (C=O) groups is 1. The average molecular weight is 436 g/mol. The molecule has 0 unspecified atom stereocenters. The van der Waals surface area contributed by atoms with Crippen molar-refractivity contribution in [2.75, 3.05) is 44.4 Å². The van der Waals surface area contributed by atoms with Gasteiger partial charge in [-0.25, -0.2) is 0 Å². The molecule has 1 aliphatic rings. The van der Waals surface area contributed by atoms with Gasteiger partial charge in [0.25, 0.3) is 0 Å². The van der Waals surface area contributed by atoms with E-state index in [1.54, 1.807) is 18.5 Å². The van der Waals surface area contributed by atoms with E-state index in [4.69, 9.17) is 0 Å². The van der Waals surface area contributed by atoms with Crippen LogP contribution < -0.4 is 10.2 Å². The Labute approximate surface area is 189 Å². The van der Waals surface area contributed by atoms with Crippen LogP contribution in [0.25, 0.3) is 0 Å². The van der Waals surface area contributed by atoms with Crippen molar-refractivity contribution in [2.24, 2.45) is 0 Å². The molecule has 0 radical (unpaired) electrons. The van der Waals surface area contributed by atoms with Crippen molar-refractivity contribution in [1.82, 2.24) is 15.2 Å². The van der Waals surface area contributed by atoms with Crippen molar-refractivity contribution < 1.29 is 4.79 Å². The fourth-order valence-electron chi connectivity index (χ4n) is 3.91. The van der Waals surface area contributed by atoms with Crippen molar-refractivity contribution >= 4 is 23.4 Å². The van der Waals surface area contributed by atoms with Gasteiger partial charge in [0.05, 0.1) is 16.7 Å². The number of benzene rings is 1. The third kappa shape index (κ3) is 4.32. The predicted octanol–water partition coefficient (Wildman–Crippen LogP) is 3.37. The van der Waals surface area contributed by atoms with Gasteiger partial charge in [0.2, 0.25) is 5.91 Å². The Morgan fingerprint density at radius 2 is 1.84 bits per heavy atom. The number of nitrogens with one attached hydrogen (secondary N) is 1. The van der Waals surface area contributed by atoms with E-state index < -0.39 is 5.41 Å². The molecule has 0 saturated carbocycles. The SMILES string of the molecule is CCN(CC)CCSC1=C(C#N)[C@@](c2ccc(N(C)C)cc2)(c2cccnc2)C(=O)N1. The first-order valence-corrected chi connectivity index (χ1v) is 11.5. The van der Waals surface area contributed by atoms with Crippen molar-refractivity contribution in [3.8, 4) is 6.07 Å². The molecule has 31 heavy (non-hydrogen) atoms. The van der Waals surface area contributed by atoms with E-state index in [2.05, 4.69) is 35.1 Å². The highest BCUT2D eigenvalue weighted by atomic mass is 32.2. The minimum Gasteiger partial charge on any atom is -0.378 e. The van der Waals surface area contributed by atoms with E-state index in [-0.39, 0.29) is 5.91 Å². The second-order valence-electron chi connectivity index (χ2n) is 7.58. The van der Waals surface area contributed by atoms with Crippen LogP contribution in [0.2, 0.25) is 0 Å². The Kier molecular flexibility index (Phi) is 7.37. The maximum Gasteiger partial charge on any atom is 0.245 e. The Balaban J connectivity index is 2.08. The number of anilines is 1. The van der Waals surface area contributed by atoms with Gasteiger partial charge in [0, 0.05) is 44.5 Å². The zero-order chi connectivity index (χ0) is 22.4. The van der Waals surface area contributed by atoms with E-state index in [1.807, 2.05) is 49.3 Å². The summed E-state index contributed by atoms with van der Waals surface area (Å²) in [5.41, 5.74) is 1.72. The molecule has 1 atom stereocenters. The number of aromatic nitrogens is 1. The number of amides is 1. The highest BCUT2D eigenvalue weighted by molar-refractivity contribution is 8.03. The fourth-order valence-corrected chi connectivity index (χ4v) is 4.98. The first-order chi connectivity index (χ1) is 15.0. The summed E-state index contributed by atoms with van der Waals surface area (Å²) in [4.78, 5) is 22.1. The van der Waals surface area contributed by atoms with Crippen LogP contribution in [0.1, 0.15) is 25.0 Å². The number of thioether (sulfide) groups is 1. The van der Waals surface area contributed by atoms with Crippen molar-refractivity contribution in [2.45, 2.75) is 19.3 Å². The smallest absolute Gasteiger partial charge is 0.245 e. The lowest BCUT2D eigenvalue weighted by molar-refractivity contribution is -0.122. The van der Waals surface area contributed by atoms with E-state index in [0.717, 1.165) is 36.6 Å². The number of pyridine rings is 1. The van der Waals surface area contributed by atoms with Crippen molar-refractivity contribution in [3.63, 3.8) is 0 Å². The molecule has 1 aromatic carbocycles. The molecule has 3 rings (SSSR count). The van der Waals surface area contributed by atoms with Gasteiger partial charge in [-0.15, -0.1) is 11.8 Å². The van der Waals surface area contributed by atoms with Crippen LogP contribution in [0, 0.1) is 11.3 Å². The first-order valence-electron chi connectivity index (χ1n) is 10.5. The quantitative estimate of drug-likeness (QED) is 0.651. The lowest BCUT2D eigenvalue weighted by Crippen LogP contribution is -2.39. The van der Waals surface area contributed by atoms with E-state index in [9.17, 15) is 10.1 Å². The van der Waals surface area contributed by atoms with Crippen molar-refractivity contribution in [3.05, 3.63) is 70.5 Å². The Morgan fingerprint density at radius 3 is 2.39 bits per heavy atom. The number of rotatable bonds is 9. The third-order valence-corrected chi connectivity index (χ3v) is 6.72. The summed E-state index contributed by atoms with van der Waals surface area (Å²) >= 11 is 1.53. The van der Waals surface area contributed by atoms with Crippen LogP contribution in [0.15, 0.2) is 59.4 Å². The van der Waals surface area contributed by atoms with Crippen LogP contribution >= 0.6 is 11.8 Å². The van der Waals surface area contributed by atoms with Gasteiger partial charge in [0.15, 0.2) is 0 Å². The van der Waals surface area contributed by atoms with E-state index >= 15 is 0 Å². The zero-order valence-corrected chi connectivity index (χ0v) is 19.4. The molecular formula is C24H29N5OS. The molecule has 0 spiro atoms. The molecule has 1 aromatic heterocycles. The van der Waals surface area contributed by atoms with Gasteiger partial charge in [0.1, 0.15) is 5.41 Å². The summed E-state index contributed by atoms with van der Waals surface area (Å²) < 4.78 is 0. The number of hydrogen-bond acceptors (Lipinski definition) is 6. The van der Waals surface area contributed by atoms with Gasteiger partial charge in [-0.05, 0) is 42.4 Å². The molecule has 1 amide bonds. The lowest BCUT2D eigenvalue weighted by Gasteiger charge is -2.28. The number of nitriles is 1. The molecule has 0 fully saturated rings. The molecule has 7 heteroatoms. The first kappa shape index (κ1) is 22.9. The van der Waals surface area contributed by atoms with Crippen LogP contribution in [-0.4, -0.2) is 55.3 Å². The molecule has 162 valence electrons. The zero-order valence-electron chi connectivity index (χ0n) is 18.6. The maximum absolute atomic E-state index is 13.5. The minimum absolute atomic E-state index is 0.208. The normalized spacial score (nSPS) is 18.3. The largest absolute Gasteiger partial charge is 0.378 e. The monoisotopic (exact) mass is 435 g/mol. The summed E-state index contributed by atoms with van der Waals surface area (Å²) in [5, 5.41) is 13.9. The van der Waals surface area contributed by atoms with Crippen LogP contribution in [0.3, 0.4) is 0 Å². The summed E-state index contributed by atoms with van der Waals surface area (Å²) in [6.07, 6.45) is 3.36. The van der Waals surface area contributed by atoms with E-state index in [0.29, 0.717) is 16.2 Å². The highest BCUT2D eigenvalue weighted by Gasteiger charge is 2.52. The summed E-state index contributed by atoms with van der Waals surface area (Å²) in [5.74, 6) is 0.588. The highest BCUT2D eigenvalue weighted by Crippen LogP contribution is 2.46. The van der Waals surface area contributed by atoms with Crippen LogP contribution in [-0.2, 0) is 10.2 Å². The van der Waals surface area contributed by atoms with Gasteiger partial charge >= 0.3 is 0 Å². The summed E-state index contributed by atoms with van der Waals surface area (Å²) in [6.45, 7) is 7.12. The molecule has 2 heterocycles. The molecule has 1 aliphatic heterocycles. The van der Waals surface area contributed by atoms with Crippen LogP contribution in [0.4, 0.5) is 5.69 Å². The topological polar surface area (TPSA) is 72.3 Å². The molecule has 0 saturated heterocycles. The number of hydrogen-bond donors (Lipinski definition) is 1. The Bertz CT molecular complexity index is 977. The maximum atomic E-state index is 13.5. The Hall–Kier alpha value is -2.82. The molecule has 0 bridgehead atoms. The summed E-state index contributed by atoms with van der Waals surface area (Å²) in [7, 11) is 3.94. The van der Waals surface area contributed by atoms with E-state index in [1.165, 1.54) is 11.8 Å². The molecule has 0 aliphatic carbocycles. The van der Waals surface area contributed by atoms with Crippen molar-refractivity contribution in [1.29, 1.82) is 5.26 Å². The van der Waals surface area contributed by atoms with Crippen LogP contribution in [0.5, 0.6) is 0 Å². The lowest BCUT2D eigenvalue weighted by atomic mass is 9.70. The fraction of sp³-hybridized carbons (Fsp3) is 0.375. The average Bonchev–Trinajstić information content (AvgIpc) is 3.09. The molecule has 6 nitrogen and oxygen atoms in total.